The third-order valence-corrected chi connectivity index (χ3v) is 3.61. The average Bonchev–Trinajstić information content (AvgIpc) is 3.26. The second-order valence-corrected chi connectivity index (χ2v) is 5.59. The van der Waals surface area contributed by atoms with Gasteiger partial charge >= 0.3 is 17.8 Å². The van der Waals surface area contributed by atoms with Crippen LogP contribution >= 0.6 is 0 Å². The van der Waals surface area contributed by atoms with Gasteiger partial charge in [0.1, 0.15) is 11.9 Å². The maximum Gasteiger partial charge on any atom is 0.333 e. The molecule has 4 N–H and O–H groups in total. The third-order valence-electron chi connectivity index (χ3n) is 3.61. The van der Waals surface area contributed by atoms with Gasteiger partial charge in [0.05, 0.1) is 6.54 Å². The number of carbonyl (C=O) groups is 3. The van der Waals surface area contributed by atoms with Crippen molar-refractivity contribution in [2.24, 2.45) is 0 Å². The monoisotopic (exact) mass is 318 g/mol. The maximum atomic E-state index is 11.6. The van der Waals surface area contributed by atoms with E-state index < -0.39 is 17.8 Å². The first-order chi connectivity index (χ1) is 11.1. The molecule has 3 rings (SSSR count). The average molecular weight is 318 g/mol. The van der Waals surface area contributed by atoms with Crippen molar-refractivity contribution < 1.29 is 19.1 Å². The van der Waals surface area contributed by atoms with Crippen molar-refractivity contribution >= 4 is 17.8 Å². The fourth-order valence-corrected chi connectivity index (χ4v) is 2.27. The lowest BCUT2D eigenvalue weighted by Gasteiger charge is -2.13. The van der Waals surface area contributed by atoms with Gasteiger partial charge in [-0.25, -0.2) is 10.2 Å². The van der Waals surface area contributed by atoms with Crippen LogP contribution in [0.1, 0.15) is 18.4 Å². The highest BCUT2D eigenvalue weighted by atomic mass is 16.5. The van der Waals surface area contributed by atoms with E-state index in [-0.39, 0.29) is 12.1 Å². The van der Waals surface area contributed by atoms with E-state index in [0.29, 0.717) is 13.0 Å². The summed E-state index contributed by atoms with van der Waals surface area (Å²) in [6.07, 6.45) is 2.34. The Balaban J connectivity index is 1.34. The Morgan fingerprint density at radius 2 is 1.87 bits per heavy atom. The topological polar surface area (TPSA) is 109 Å². The predicted octanol–water partition coefficient (Wildman–Crippen LogP) is -0.401. The summed E-state index contributed by atoms with van der Waals surface area (Å²) < 4.78 is 5.68. The molecular weight excluding hydrogens is 300 g/mol. The van der Waals surface area contributed by atoms with Gasteiger partial charge in [0, 0.05) is 12.5 Å². The van der Waals surface area contributed by atoms with Crippen LogP contribution in [0.5, 0.6) is 5.75 Å². The van der Waals surface area contributed by atoms with Crippen molar-refractivity contribution in [1.82, 2.24) is 21.5 Å². The van der Waals surface area contributed by atoms with Crippen LogP contribution in [0.4, 0.5) is 4.79 Å². The van der Waals surface area contributed by atoms with Crippen molar-refractivity contribution in [2.45, 2.75) is 31.4 Å². The Morgan fingerprint density at radius 1 is 1.09 bits per heavy atom. The zero-order chi connectivity index (χ0) is 16.2. The Hall–Kier alpha value is -2.77. The first kappa shape index (κ1) is 15.1. The molecule has 8 heteroatoms. The zero-order valence-electron chi connectivity index (χ0n) is 12.4. The summed E-state index contributed by atoms with van der Waals surface area (Å²) in [6, 6.07) is 7.18. The smallest absolute Gasteiger partial charge is 0.333 e. The summed E-state index contributed by atoms with van der Waals surface area (Å²) in [6.45, 7) is 0.296. The van der Waals surface area contributed by atoms with E-state index in [0.717, 1.165) is 24.2 Å². The van der Waals surface area contributed by atoms with Crippen molar-refractivity contribution in [3.8, 4) is 5.75 Å². The van der Waals surface area contributed by atoms with E-state index in [9.17, 15) is 14.4 Å². The molecule has 1 aliphatic carbocycles. The van der Waals surface area contributed by atoms with E-state index in [4.69, 9.17) is 4.74 Å². The SMILES string of the molecule is O=C(NC[C@@H]1Cc2ccccc2O1)NNC(=O)C(=O)NC1CC1. The largest absolute Gasteiger partial charge is 0.488 e. The molecule has 2 aliphatic rings. The number of rotatable bonds is 3. The van der Waals surface area contributed by atoms with Crippen LogP contribution in [-0.4, -0.2) is 36.5 Å². The highest BCUT2D eigenvalue weighted by Crippen LogP contribution is 2.27. The van der Waals surface area contributed by atoms with Gasteiger partial charge in [0.2, 0.25) is 0 Å². The van der Waals surface area contributed by atoms with Crippen molar-refractivity contribution in [2.75, 3.05) is 6.54 Å². The Morgan fingerprint density at radius 3 is 2.61 bits per heavy atom. The Labute approximate surface area is 132 Å². The van der Waals surface area contributed by atoms with E-state index >= 15 is 0 Å². The first-order valence-electron chi connectivity index (χ1n) is 7.51. The molecule has 1 fully saturated rings. The normalized spacial score (nSPS) is 18.3. The van der Waals surface area contributed by atoms with E-state index in [1.165, 1.54) is 0 Å². The number of nitrogens with one attached hydrogen (secondary N) is 4. The molecule has 0 saturated heterocycles. The highest BCUT2D eigenvalue weighted by molar-refractivity contribution is 6.35. The molecule has 1 atom stereocenters. The molecule has 1 aliphatic heterocycles. The van der Waals surface area contributed by atoms with E-state index in [1.54, 1.807) is 0 Å². The fraction of sp³-hybridized carbons (Fsp3) is 0.400. The summed E-state index contributed by atoms with van der Waals surface area (Å²) in [5, 5.41) is 5.11. The van der Waals surface area contributed by atoms with E-state index in [1.807, 2.05) is 24.3 Å². The molecule has 0 spiro atoms. The minimum atomic E-state index is -0.892. The number of hydrogen-bond donors (Lipinski definition) is 4. The zero-order valence-corrected chi connectivity index (χ0v) is 12.4. The third kappa shape index (κ3) is 4.12. The van der Waals surface area contributed by atoms with Crippen LogP contribution in [0, 0.1) is 0 Å². The molecular formula is C15H18N4O4. The molecule has 1 aromatic rings. The first-order valence-corrected chi connectivity index (χ1v) is 7.51. The van der Waals surface area contributed by atoms with Gasteiger partial charge in [-0.15, -0.1) is 0 Å². The molecule has 8 nitrogen and oxygen atoms in total. The second-order valence-electron chi connectivity index (χ2n) is 5.59. The van der Waals surface area contributed by atoms with Gasteiger partial charge in [0.15, 0.2) is 0 Å². The highest BCUT2D eigenvalue weighted by Gasteiger charge is 2.26. The van der Waals surface area contributed by atoms with Gasteiger partial charge in [-0.2, -0.15) is 0 Å². The number of carbonyl (C=O) groups excluding carboxylic acids is 3. The molecule has 122 valence electrons. The van der Waals surface area contributed by atoms with Crippen LogP contribution in [-0.2, 0) is 16.0 Å². The van der Waals surface area contributed by atoms with Crippen LogP contribution < -0.4 is 26.2 Å². The van der Waals surface area contributed by atoms with Crippen LogP contribution in [0.15, 0.2) is 24.3 Å². The number of hydrazine groups is 1. The summed E-state index contributed by atoms with van der Waals surface area (Å²) >= 11 is 0. The van der Waals surface area contributed by atoms with Gasteiger partial charge in [0.25, 0.3) is 0 Å². The molecule has 23 heavy (non-hydrogen) atoms. The molecule has 0 bridgehead atoms. The summed E-state index contributed by atoms with van der Waals surface area (Å²) in [5.74, 6) is -0.816. The van der Waals surface area contributed by atoms with Crippen molar-refractivity contribution in [3.05, 3.63) is 29.8 Å². The molecule has 1 saturated carbocycles. The molecule has 1 aromatic carbocycles. The number of benzene rings is 1. The van der Waals surface area contributed by atoms with Crippen LogP contribution in [0.25, 0.3) is 0 Å². The lowest BCUT2D eigenvalue weighted by atomic mass is 10.1. The Bertz CT molecular complexity index is 605. The predicted molar refractivity (Wildman–Crippen MR) is 80.4 cm³/mol. The summed E-state index contributed by atoms with van der Waals surface area (Å²) in [5.41, 5.74) is 5.29. The molecule has 0 unspecified atom stereocenters. The standard InChI is InChI=1S/C15H18N4O4/c20-13(17-10-5-6-10)14(21)18-19-15(22)16-8-11-7-9-3-1-2-4-12(9)23-11/h1-4,10-11H,5-8H2,(H,17,20)(H,18,21)(H2,16,19,22)/t11-/m0/s1. The molecule has 4 amide bonds. The van der Waals surface area contributed by atoms with Gasteiger partial charge in [-0.1, -0.05) is 18.2 Å². The number of fused-ring (bicyclic) bond motifs is 1. The number of para-hydroxylation sites is 1. The number of ether oxygens (including phenoxy) is 1. The summed E-state index contributed by atoms with van der Waals surface area (Å²) in [7, 11) is 0. The summed E-state index contributed by atoms with van der Waals surface area (Å²) in [4.78, 5) is 34.4. The van der Waals surface area contributed by atoms with Crippen LogP contribution in [0.3, 0.4) is 0 Å². The van der Waals surface area contributed by atoms with E-state index in [2.05, 4.69) is 21.5 Å². The van der Waals surface area contributed by atoms with Crippen LogP contribution in [0.2, 0.25) is 0 Å². The van der Waals surface area contributed by atoms with Gasteiger partial charge in [-0.3, -0.25) is 15.0 Å². The van der Waals surface area contributed by atoms with Crippen molar-refractivity contribution in [1.29, 1.82) is 0 Å². The number of urea groups is 1. The fourth-order valence-electron chi connectivity index (χ4n) is 2.27. The minimum absolute atomic E-state index is 0.0863. The number of amides is 4. The Kier molecular flexibility index (Phi) is 4.31. The molecule has 1 heterocycles. The lowest BCUT2D eigenvalue weighted by molar-refractivity contribution is -0.139. The number of hydrogen-bond acceptors (Lipinski definition) is 4. The maximum absolute atomic E-state index is 11.6. The molecule has 0 aromatic heterocycles. The van der Waals surface area contributed by atoms with Gasteiger partial charge < -0.3 is 15.4 Å². The van der Waals surface area contributed by atoms with Gasteiger partial charge in [-0.05, 0) is 24.5 Å². The second kappa shape index (κ2) is 6.55. The minimum Gasteiger partial charge on any atom is -0.488 e. The quantitative estimate of drug-likeness (QED) is 0.449. The lowest BCUT2D eigenvalue weighted by Crippen LogP contribution is -2.52. The molecule has 0 radical (unpaired) electrons. The van der Waals surface area contributed by atoms with Crippen molar-refractivity contribution in [3.63, 3.8) is 0 Å².